The maximum absolute atomic E-state index is 11.5. The van der Waals surface area contributed by atoms with E-state index in [2.05, 4.69) is 9.97 Å². The summed E-state index contributed by atoms with van der Waals surface area (Å²) >= 11 is 0. The van der Waals surface area contributed by atoms with Crippen molar-refractivity contribution in [1.29, 1.82) is 0 Å². The number of anilines is 2. The molecule has 2 aromatic rings. The summed E-state index contributed by atoms with van der Waals surface area (Å²) in [6.45, 7) is 5.85. The second-order valence-corrected chi connectivity index (χ2v) is 5.27. The number of carboxylic acid groups (broad SMARTS) is 1. The van der Waals surface area contributed by atoms with E-state index in [-0.39, 0.29) is 11.6 Å². The number of para-hydroxylation sites is 1. The number of rotatable bonds is 4. The number of aryl methyl sites for hydroxylation is 1. The van der Waals surface area contributed by atoms with E-state index < -0.39 is 5.97 Å². The molecule has 110 valence electrons. The van der Waals surface area contributed by atoms with Crippen LogP contribution in [0.15, 0.2) is 30.5 Å². The number of aromatic carboxylic acids is 1. The van der Waals surface area contributed by atoms with Gasteiger partial charge in [-0.05, 0) is 18.6 Å². The molecule has 0 fully saturated rings. The van der Waals surface area contributed by atoms with Crippen LogP contribution in [0, 0.1) is 6.92 Å². The van der Waals surface area contributed by atoms with Crippen molar-refractivity contribution in [1.82, 2.24) is 9.97 Å². The average molecular weight is 285 g/mol. The Labute approximate surface area is 124 Å². The molecule has 1 aromatic heterocycles. The minimum Gasteiger partial charge on any atom is -0.476 e. The minimum absolute atomic E-state index is 0.0273. The van der Waals surface area contributed by atoms with Gasteiger partial charge in [-0.25, -0.2) is 14.8 Å². The number of carbonyl (C=O) groups is 1. The van der Waals surface area contributed by atoms with E-state index in [4.69, 9.17) is 0 Å². The topological polar surface area (TPSA) is 66.3 Å². The maximum atomic E-state index is 11.5. The van der Waals surface area contributed by atoms with Crippen LogP contribution in [0.25, 0.3) is 0 Å². The van der Waals surface area contributed by atoms with Crippen LogP contribution < -0.4 is 4.90 Å². The first-order valence-corrected chi connectivity index (χ1v) is 6.81. The third kappa shape index (κ3) is 3.02. The van der Waals surface area contributed by atoms with Gasteiger partial charge in [0.1, 0.15) is 5.82 Å². The lowest BCUT2D eigenvalue weighted by atomic mass is 10.1. The van der Waals surface area contributed by atoms with Gasteiger partial charge in [0, 0.05) is 18.7 Å². The van der Waals surface area contributed by atoms with Gasteiger partial charge in [-0.15, -0.1) is 0 Å². The summed E-state index contributed by atoms with van der Waals surface area (Å²) in [7, 11) is 1.82. The molecule has 0 bridgehead atoms. The van der Waals surface area contributed by atoms with Gasteiger partial charge in [0.05, 0.1) is 11.9 Å². The van der Waals surface area contributed by atoms with Crippen LogP contribution in [0.2, 0.25) is 0 Å². The molecule has 0 aliphatic heterocycles. The Hall–Kier alpha value is -2.43. The van der Waals surface area contributed by atoms with Crippen molar-refractivity contribution in [3.05, 3.63) is 47.5 Å². The molecule has 0 aliphatic carbocycles. The van der Waals surface area contributed by atoms with Gasteiger partial charge in [-0.2, -0.15) is 0 Å². The molecule has 5 heteroatoms. The number of hydrogen-bond acceptors (Lipinski definition) is 4. The summed E-state index contributed by atoms with van der Waals surface area (Å²) in [5.74, 6) is -0.426. The predicted octanol–water partition coefficient (Wildman–Crippen LogP) is 3.37. The lowest BCUT2D eigenvalue weighted by Gasteiger charge is -2.22. The molecule has 1 N–H and O–H groups in total. The zero-order valence-electron chi connectivity index (χ0n) is 12.7. The van der Waals surface area contributed by atoms with E-state index in [1.165, 1.54) is 0 Å². The Balaban J connectivity index is 2.53. The number of nitrogens with zero attached hydrogens (tertiary/aromatic N) is 3. The van der Waals surface area contributed by atoms with Crippen LogP contribution in [0.4, 0.5) is 11.4 Å². The smallest absolute Gasteiger partial charge is 0.356 e. The van der Waals surface area contributed by atoms with Crippen molar-refractivity contribution < 1.29 is 9.90 Å². The van der Waals surface area contributed by atoms with E-state index in [0.29, 0.717) is 11.5 Å². The molecule has 1 aromatic carbocycles. The lowest BCUT2D eigenvalue weighted by molar-refractivity contribution is 0.0690. The average Bonchev–Trinajstić information content (AvgIpc) is 2.46. The fraction of sp³-hybridized carbons (Fsp3) is 0.312. The molecule has 0 spiro atoms. The highest BCUT2D eigenvalue weighted by atomic mass is 16.4. The summed E-state index contributed by atoms with van der Waals surface area (Å²) < 4.78 is 0. The number of carboxylic acids is 1. The first kappa shape index (κ1) is 15.0. The monoisotopic (exact) mass is 285 g/mol. The normalized spacial score (nSPS) is 10.7. The molecular formula is C16H19N3O2. The quantitative estimate of drug-likeness (QED) is 0.932. The third-order valence-corrected chi connectivity index (χ3v) is 3.35. The van der Waals surface area contributed by atoms with Crippen molar-refractivity contribution >= 4 is 17.3 Å². The van der Waals surface area contributed by atoms with Crippen molar-refractivity contribution in [3.63, 3.8) is 0 Å². The maximum Gasteiger partial charge on any atom is 0.356 e. The summed E-state index contributed by atoms with van der Waals surface area (Å²) in [5, 5.41) is 9.42. The molecule has 5 nitrogen and oxygen atoms in total. The van der Waals surface area contributed by atoms with Gasteiger partial charge in [0.2, 0.25) is 0 Å². The van der Waals surface area contributed by atoms with E-state index in [0.717, 1.165) is 11.3 Å². The van der Waals surface area contributed by atoms with Crippen molar-refractivity contribution in [3.8, 4) is 0 Å². The van der Waals surface area contributed by atoms with Crippen LogP contribution in [0.3, 0.4) is 0 Å². The first-order chi connectivity index (χ1) is 9.91. The zero-order chi connectivity index (χ0) is 15.6. The summed E-state index contributed by atoms with van der Waals surface area (Å²) in [6.07, 6.45) is 1.58. The van der Waals surface area contributed by atoms with Gasteiger partial charge in [0.15, 0.2) is 5.69 Å². The van der Waals surface area contributed by atoms with Crippen molar-refractivity contribution in [2.24, 2.45) is 0 Å². The largest absolute Gasteiger partial charge is 0.476 e. The molecule has 0 aliphatic rings. The molecule has 0 radical (unpaired) electrons. The highest BCUT2D eigenvalue weighted by Crippen LogP contribution is 2.28. The lowest BCUT2D eigenvalue weighted by Crippen LogP contribution is -2.18. The van der Waals surface area contributed by atoms with Crippen LogP contribution in [0.5, 0.6) is 0 Å². The van der Waals surface area contributed by atoms with Gasteiger partial charge >= 0.3 is 5.97 Å². The molecule has 0 atom stereocenters. The second kappa shape index (κ2) is 5.91. The first-order valence-electron chi connectivity index (χ1n) is 6.81. The second-order valence-electron chi connectivity index (χ2n) is 5.27. The molecule has 0 amide bonds. The molecule has 0 saturated heterocycles. The molecule has 1 heterocycles. The van der Waals surface area contributed by atoms with E-state index in [9.17, 15) is 9.90 Å². The van der Waals surface area contributed by atoms with Crippen LogP contribution >= 0.6 is 0 Å². The molecular weight excluding hydrogens is 266 g/mol. The minimum atomic E-state index is -1.05. The van der Waals surface area contributed by atoms with Crippen molar-refractivity contribution in [2.45, 2.75) is 26.7 Å². The van der Waals surface area contributed by atoms with Crippen LogP contribution in [0.1, 0.15) is 41.6 Å². The van der Waals surface area contributed by atoms with Crippen molar-refractivity contribution in [2.75, 3.05) is 11.9 Å². The Kier molecular flexibility index (Phi) is 4.21. The van der Waals surface area contributed by atoms with E-state index in [1.54, 1.807) is 6.20 Å². The summed E-state index contributed by atoms with van der Waals surface area (Å²) in [4.78, 5) is 21.8. The summed E-state index contributed by atoms with van der Waals surface area (Å²) in [5.41, 5.74) is 2.51. The van der Waals surface area contributed by atoms with Crippen LogP contribution in [-0.2, 0) is 0 Å². The Morgan fingerprint density at radius 2 is 1.90 bits per heavy atom. The molecule has 21 heavy (non-hydrogen) atoms. The van der Waals surface area contributed by atoms with Crippen LogP contribution in [-0.4, -0.2) is 28.1 Å². The van der Waals surface area contributed by atoms with E-state index >= 15 is 0 Å². The predicted molar refractivity (Wildman–Crippen MR) is 82.3 cm³/mol. The van der Waals surface area contributed by atoms with Gasteiger partial charge in [-0.1, -0.05) is 32.0 Å². The summed E-state index contributed by atoms with van der Waals surface area (Å²) in [6, 6.07) is 7.79. The zero-order valence-corrected chi connectivity index (χ0v) is 12.7. The molecule has 0 saturated carbocycles. The Bertz CT molecular complexity index is 668. The fourth-order valence-corrected chi connectivity index (χ4v) is 2.14. The Morgan fingerprint density at radius 1 is 1.24 bits per heavy atom. The number of benzene rings is 1. The standard InChI is InChI=1S/C16H19N3O2/c1-10(2)15-17-9-13(14(18-15)16(20)21)19(4)12-8-6-5-7-11(12)3/h5-10H,1-4H3,(H,20,21). The molecule has 0 unspecified atom stereocenters. The highest BCUT2D eigenvalue weighted by Gasteiger charge is 2.19. The molecule has 2 rings (SSSR count). The number of aromatic nitrogens is 2. The SMILES string of the molecule is Cc1ccccc1N(C)c1cnc(C(C)C)nc1C(=O)O. The third-order valence-electron chi connectivity index (χ3n) is 3.35. The van der Waals surface area contributed by atoms with Gasteiger partial charge < -0.3 is 10.0 Å². The van der Waals surface area contributed by atoms with Gasteiger partial charge in [0.25, 0.3) is 0 Å². The van der Waals surface area contributed by atoms with Gasteiger partial charge in [-0.3, -0.25) is 0 Å². The van der Waals surface area contributed by atoms with E-state index in [1.807, 2.05) is 57.0 Å². The Morgan fingerprint density at radius 3 is 2.48 bits per heavy atom. The highest BCUT2D eigenvalue weighted by molar-refractivity contribution is 5.93. The number of hydrogen-bond donors (Lipinski definition) is 1. The fourth-order valence-electron chi connectivity index (χ4n) is 2.14.